The molecule has 0 radical (unpaired) electrons. The molecule has 0 unspecified atom stereocenters. The Kier molecular flexibility index (Phi) is 26.6. The molecule has 20 heterocycles. The molecule has 0 atom stereocenters. The second-order valence-electron chi connectivity index (χ2n) is 35.2. The van der Waals surface area contributed by atoms with Gasteiger partial charge >= 0.3 is 81.7 Å². The van der Waals surface area contributed by atoms with Crippen LogP contribution in [-0.4, -0.2) is 74.3 Å². The summed E-state index contributed by atoms with van der Waals surface area (Å²) in [5.41, 5.74) is 22.3. The normalized spacial score (nSPS) is 11.8. The van der Waals surface area contributed by atoms with Crippen LogP contribution in [0, 0.1) is 42.6 Å². The predicted octanol–water partition coefficient (Wildman–Crippen LogP) is 29.9. The van der Waals surface area contributed by atoms with Crippen molar-refractivity contribution in [2.45, 2.75) is 9.79 Å². The minimum atomic E-state index is 0. The predicted molar refractivity (Wildman–Crippen MR) is 590 cm³/mol. The third-order valence-electron chi connectivity index (χ3n) is 26.7. The number of aromatic nitrogens is 15. The van der Waals surface area contributed by atoms with Crippen LogP contribution in [0.4, 0.5) is 46.0 Å². The van der Waals surface area contributed by atoms with Crippen molar-refractivity contribution >= 4 is 199 Å². The third-order valence-corrected chi connectivity index (χ3v) is 30.7. The maximum Gasteiger partial charge on any atom is 2.00 e. The number of para-hydroxylation sites is 8. The Morgan fingerprint density at radius 3 is 1.61 bits per heavy atom. The summed E-state index contributed by atoms with van der Waals surface area (Å²) in [4.78, 5) is 50.0. The van der Waals surface area contributed by atoms with Crippen LogP contribution in [0.25, 0.3) is 192 Å². The number of aryl methyl sites for hydroxylation is 2. The van der Waals surface area contributed by atoms with E-state index in [9.17, 15) is 0 Å². The van der Waals surface area contributed by atoms with Gasteiger partial charge < -0.3 is 27.7 Å². The molecule has 0 aliphatic carbocycles. The van der Waals surface area contributed by atoms with Crippen molar-refractivity contribution in [3.8, 4) is 85.4 Å². The van der Waals surface area contributed by atoms with Crippen molar-refractivity contribution in [1.29, 1.82) is 0 Å². The van der Waals surface area contributed by atoms with Gasteiger partial charge in [0, 0.05) is 63.0 Å². The van der Waals surface area contributed by atoms with E-state index in [-0.39, 0.29) is 81.7 Å². The molecule has 0 spiro atoms. The van der Waals surface area contributed by atoms with Gasteiger partial charge in [0.2, 0.25) is 0 Å². The molecule has 0 saturated carbocycles. The summed E-state index contributed by atoms with van der Waals surface area (Å²) >= 11 is 6.91. The van der Waals surface area contributed by atoms with Gasteiger partial charge in [-0.15, -0.1) is 124 Å². The van der Waals surface area contributed by atoms with Crippen LogP contribution in [0.3, 0.4) is 0 Å². The molecule has 2 aliphatic heterocycles. The Morgan fingerprint density at radius 1 is 0.342 bits per heavy atom. The van der Waals surface area contributed by atoms with Crippen LogP contribution >= 0.6 is 45.8 Å². The van der Waals surface area contributed by atoms with Gasteiger partial charge in [0.15, 0.2) is 17.3 Å². The van der Waals surface area contributed by atoms with Crippen molar-refractivity contribution in [2.24, 2.45) is 14.1 Å². The summed E-state index contributed by atoms with van der Waals surface area (Å²) in [5.74, 6) is 7.54. The van der Waals surface area contributed by atoms with E-state index in [2.05, 4.69) is 366 Å². The van der Waals surface area contributed by atoms with Gasteiger partial charge in [-0.1, -0.05) is 224 Å². The molecule has 28 aromatic rings. The molecule has 0 amide bonds. The molecular weight excluding hydrogens is 2280 g/mol. The van der Waals surface area contributed by atoms with Crippen molar-refractivity contribution < 1.29 is 86.3 Å². The van der Waals surface area contributed by atoms with Crippen LogP contribution in [0.1, 0.15) is 0 Å². The molecule has 149 heavy (non-hydrogen) atoms. The second-order valence-corrected chi connectivity index (χ2v) is 39.2. The number of nitrogens with zero attached hydrogens (tertiary/aromatic N) is 18. The SMILES string of the molecule is CN1c2ccccc2N(c2cccc(-c3cccc4sc[c-]c34)n2)c2nc(-c3cn(C)c4c3[cH-]c[n+]4C)ccc21.[Pd+2].[Pd+2].[Pd+2].[Pd+2].[c-]1cccc2ccn(-c3cccc(-n4c5ccccc5c5ccc(-n6[c-]cc7ccccc76)nc54)n3)c12.[c-]1ccccc1-c1ccc2c3ccccc3n(-c3cccc(-c4csc5sc[c-]c45)n3)c2n1.[c-]1ccccc1-c1cccc(N2c3ccccc3Sc3ccc(-n4ccc5ccc[c-]c54)nc32)n1. The van der Waals surface area contributed by atoms with E-state index < -0.39 is 0 Å². The van der Waals surface area contributed by atoms with Gasteiger partial charge in [0.25, 0.3) is 0 Å². The Labute approximate surface area is 927 Å². The van der Waals surface area contributed by atoms with Crippen molar-refractivity contribution in [3.05, 3.63) is 454 Å². The third kappa shape index (κ3) is 17.4. The van der Waals surface area contributed by atoms with Crippen LogP contribution in [0.15, 0.2) is 421 Å². The number of benzene rings is 10. The smallest absolute Gasteiger partial charge is 0.429 e. The van der Waals surface area contributed by atoms with Gasteiger partial charge in [-0.3, -0.25) is 33.9 Å². The number of pyridine rings is 8. The van der Waals surface area contributed by atoms with E-state index in [1.807, 2.05) is 155 Å². The molecule has 722 valence electrons. The van der Waals surface area contributed by atoms with Crippen LogP contribution < -0.4 is 19.3 Å². The van der Waals surface area contributed by atoms with Crippen LogP contribution in [0.2, 0.25) is 0 Å². The molecule has 18 nitrogen and oxygen atoms in total. The Morgan fingerprint density at radius 2 is 0.886 bits per heavy atom. The Bertz CT molecular complexity index is 9920. The van der Waals surface area contributed by atoms with E-state index in [0.29, 0.717) is 0 Å². The van der Waals surface area contributed by atoms with Crippen molar-refractivity contribution in [2.75, 3.05) is 21.7 Å². The first-order valence-corrected chi connectivity index (χ1v) is 50.8. The van der Waals surface area contributed by atoms with E-state index in [1.54, 1.807) is 45.8 Å². The minimum Gasteiger partial charge on any atom is -0.429 e. The van der Waals surface area contributed by atoms with E-state index in [1.165, 1.54) is 30.0 Å². The van der Waals surface area contributed by atoms with Gasteiger partial charge in [-0.2, -0.15) is 71.4 Å². The van der Waals surface area contributed by atoms with E-state index >= 15 is 0 Å². The summed E-state index contributed by atoms with van der Waals surface area (Å²) in [6.07, 6.45) is 11.7. The quantitative estimate of drug-likeness (QED) is 0.0652. The summed E-state index contributed by atoms with van der Waals surface area (Å²) < 4.78 is 17.3. The second kappa shape index (κ2) is 40.9. The fourth-order valence-corrected chi connectivity index (χ4v) is 23.6. The zero-order valence-electron chi connectivity index (χ0n) is 79.2. The maximum absolute atomic E-state index is 5.32. The Balaban J connectivity index is 0.000000108. The van der Waals surface area contributed by atoms with Gasteiger partial charge in [0.1, 0.15) is 46.2 Å². The monoisotopic (exact) mass is 2360 g/mol. The fraction of sp³-hybridized carbons (Fsp3) is 0.0244. The first-order valence-electron chi connectivity index (χ1n) is 47.3. The van der Waals surface area contributed by atoms with Crippen molar-refractivity contribution in [3.63, 3.8) is 0 Å². The van der Waals surface area contributed by atoms with Crippen molar-refractivity contribution in [1.82, 2.24) is 67.3 Å². The average molecular weight is 2360 g/mol. The number of fused-ring (bicyclic) bond motifs is 16. The number of hydrogen-bond donors (Lipinski definition) is 0. The number of anilines is 8. The molecule has 0 saturated heterocycles. The number of hydrogen-bond acceptors (Lipinski definition) is 15. The van der Waals surface area contributed by atoms with Crippen LogP contribution in [0.5, 0.6) is 0 Å². The minimum absolute atomic E-state index is 0. The molecule has 30 rings (SSSR count). The first kappa shape index (κ1) is 96.9. The average Bonchev–Trinajstić information content (AvgIpc) is 1.73. The standard InChI is InChI=1S/C33H25N6S.C32H19N5.C30H18N4S.C28H15N3S2.4Pd/c1-36-18-16-23-24(20-37(2)33(23)36)26-14-15-29-32(35-26)39(28-11-5-4-10-27(28)38(29)3)31-13-7-9-25(34-31)21-8-6-12-30-22(21)17-19-40-30;1-4-11-26-22(8-1)18-20-35(26)29-14-7-15-31(33-29)37-28-13-6-3-10-24(28)25-16-17-30(34-32(25)37)36-21-19-23-9-2-5-12-27(23)36;1-2-9-21(10-3-1)23-12-8-16-29(31-23)34-25-14-6-7-15-26(25)35-27-17-18-28(32-30(27)34)33-20-19-22-11-4-5-13-24(22)33;1-2-7-18(8-3-1)23-14-13-20-19-9-4-5-11-25(19)31(27(20)30-23)26-12-6-10-24(29-26)22-17-33-28-21(22)15-16-32-28;;;;/h4-16,18-20H,1-3H3;1-10,12-20H;1-9,11-12,14-20H;1-7,9-14,16-17H;;;;/q-1;3*-2;4*+2. The van der Waals surface area contributed by atoms with Gasteiger partial charge in [-0.25, -0.2) is 58.9 Å². The number of rotatable bonds is 12. The fourth-order valence-electron chi connectivity index (χ4n) is 20.1. The van der Waals surface area contributed by atoms with Crippen LogP contribution in [-0.2, 0) is 95.8 Å². The topological polar surface area (TPSA) is 146 Å². The van der Waals surface area contributed by atoms with E-state index in [4.69, 9.17) is 39.9 Å². The first-order chi connectivity index (χ1) is 71.6. The molecule has 0 fully saturated rings. The maximum atomic E-state index is 5.32. The molecule has 0 bridgehead atoms. The summed E-state index contributed by atoms with van der Waals surface area (Å²) in [7, 11) is 6.26. The largest absolute Gasteiger partial charge is 2.00 e. The summed E-state index contributed by atoms with van der Waals surface area (Å²) in [6.45, 7) is 0. The summed E-state index contributed by atoms with van der Waals surface area (Å²) in [5, 5.41) is 17.6. The zero-order valence-corrected chi connectivity index (χ0v) is 88.7. The molecule has 0 N–H and O–H groups in total. The summed E-state index contributed by atoms with van der Waals surface area (Å²) in [6, 6.07) is 146. The molecule has 2 aliphatic rings. The zero-order chi connectivity index (χ0) is 96.3. The molecular formula is C123H77N18Pd4S4+. The molecule has 26 heteroatoms. The number of thiophene rings is 3. The Hall–Kier alpha value is -15.5. The van der Waals surface area contributed by atoms with Gasteiger partial charge in [0.05, 0.1) is 58.6 Å². The van der Waals surface area contributed by atoms with Gasteiger partial charge in [-0.05, 0) is 131 Å². The molecule has 10 aromatic carbocycles. The van der Waals surface area contributed by atoms with E-state index in [0.717, 1.165) is 218 Å². The molecule has 18 aromatic heterocycles.